The number of aliphatic hydroxyl groups is 2. The van der Waals surface area contributed by atoms with E-state index in [-0.39, 0.29) is 24.9 Å². The zero-order valence-electron chi connectivity index (χ0n) is 43.8. The molecule has 3 atom stereocenters. The molecule has 0 aromatic rings. The molecule has 6 heteroatoms. The minimum atomic E-state index is -0.799. The van der Waals surface area contributed by atoms with Crippen molar-refractivity contribution >= 4 is 11.9 Å². The molecular formula is C60H109NO5. The van der Waals surface area contributed by atoms with E-state index in [0.717, 1.165) is 96.3 Å². The first kappa shape index (κ1) is 63.6. The third-order valence-electron chi connectivity index (χ3n) is 12.9. The largest absolute Gasteiger partial charge is 0.462 e. The molecule has 384 valence electrons. The van der Waals surface area contributed by atoms with E-state index < -0.39 is 18.2 Å². The zero-order valence-corrected chi connectivity index (χ0v) is 43.8. The van der Waals surface area contributed by atoms with E-state index in [1.54, 1.807) is 0 Å². The number of esters is 1. The highest BCUT2D eigenvalue weighted by Gasteiger charge is 2.24. The van der Waals surface area contributed by atoms with Crippen LogP contribution in [0.5, 0.6) is 0 Å². The number of rotatable bonds is 51. The number of allylic oxidation sites excluding steroid dienone is 10. The van der Waals surface area contributed by atoms with Crippen LogP contribution < -0.4 is 5.32 Å². The Kier molecular flexibility index (Phi) is 51.5. The van der Waals surface area contributed by atoms with Gasteiger partial charge >= 0.3 is 5.97 Å². The molecule has 0 bridgehead atoms. The second-order valence-corrected chi connectivity index (χ2v) is 19.3. The molecule has 1 amide bonds. The Hall–Kier alpha value is -2.44. The van der Waals surface area contributed by atoms with Gasteiger partial charge in [0.2, 0.25) is 5.91 Å². The Labute approximate surface area is 409 Å². The fourth-order valence-corrected chi connectivity index (χ4v) is 8.55. The molecule has 0 radical (unpaired) electrons. The molecule has 3 N–H and O–H groups in total. The Morgan fingerprint density at radius 3 is 1.35 bits per heavy atom. The number of unbranched alkanes of at least 4 members (excludes halogenated alkanes) is 30. The van der Waals surface area contributed by atoms with Gasteiger partial charge in [0, 0.05) is 6.42 Å². The molecule has 0 aliphatic rings. The van der Waals surface area contributed by atoms with Gasteiger partial charge in [-0.2, -0.15) is 0 Å². The van der Waals surface area contributed by atoms with Crippen LogP contribution in [0.3, 0.4) is 0 Å². The first-order chi connectivity index (χ1) is 32.5. The molecule has 3 unspecified atom stereocenters. The van der Waals surface area contributed by atoms with Crippen molar-refractivity contribution < 1.29 is 24.5 Å². The number of hydrogen-bond donors (Lipinski definition) is 3. The van der Waals surface area contributed by atoms with Gasteiger partial charge in [0.15, 0.2) is 0 Å². The van der Waals surface area contributed by atoms with Crippen LogP contribution >= 0.6 is 0 Å². The Morgan fingerprint density at radius 1 is 0.470 bits per heavy atom. The van der Waals surface area contributed by atoms with Crippen molar-refractivity contribution in [1.29, 1.82) is 0 Å². The number of aliphatic hydroxyl groups excluding tert-OH is 2. The molecule has 0 aromatic heterocycles. The van der Waals surface area contributed by atoms with Crippen LogP contribution in [0.25, 0.3) is 0 Å². The normalized spacial score (nSPS) is 13.6. The van der Waals surface area contributed by atoms with Crippen molar-refractivity contribution in [2.75, 3.05) is 6.61 Å². The first-order valence-corrected chi connectivity index (χ1v) is 28.5. The molecule has 0 aliphatic carbocycles. The van der Waals surface area contributed by atoms with Gasteiger partial charge in [0.1, 0.15) is 6.10 Å². The van der Waals surface area contributed by atoms with E-state index in [4.69, 9.17) is 4.74 Å². The summed E-state index contributed by atoms with van der Waals surface area (Å²) in [7, 11) is 0. The van der Waals surface area contributed by atoms with Crippen LogP contribution in [0.1, 0.15) is 284 Å². The minimum absolute atomic E-state index is 0.0540. The maximum atomic E-state index is 13.3. The van der Waals surface area contributed by atoms with E-state index in [0.29, 0.717) is 19.3 Å². The van der Waals surface area contributed by atoms with Gasteiger partial charge in [-0.05, 0) is 83.5 Å². The van der Waals surface area contributed by atoms with Crippen LogP contribution in [0.4, 0.5) is 0 Å². The van der Waals surface area contributed by atoms with Gasteiger partial charge in [0.25, 0.3) is 0 Å². The van der Waals surface area contributed by atoms with Crippen molar-refractivity contribution in [2.45, 2.75) is 302 Å². The molecule has 6 nitrogen and oxygen atoms in total. The summed E-state index contributed by atoms with van der Waals surface area (Å²) in [5.41, 5.74) is 0. The highest BCUT2D eigenvalue weighted by Crippen LogP contribution is 2.18. The van der Waals surface area contributed by atoms with Gasteiger partial charge < -0.3 is 20.3 Å². The lowest BCUT2D eigenvalue weighted by Crippen LogP contribution is -2.46. The number of carbonyl (C=O) groups is 2. The predicted molar refractivity (Wildman–Crippen MR) is 287 cm³/mol. The fraction of sp³-hybridized carbons (Fsp3) is 0.800. The topological polar surface area (TPSA) is 95.9 Å². The van der Waals surface area contributed by atoms with Gasteiger partial charge in [-0.15, -0.1) is 0 Å². The summed E-state index contributed by atoms with van der Waals surface area (Å²) < 4.78 is 5.94. The summed E-state index contributed by atoms with van der Waals surface area (Å²) in [5.74, 6) is -0.508. The molecular weight excluding hydrogens is 815 g/mol. The lowest BCUT2D eigenvalue weighted by atomic mass is 10.0. The van der Waals surface area contributed by atoms with Crippen molar-refractivity contribution in [1.82, 2.24) is 5.32 Å². The Morgan fingerprint density at radius 2 is 0.864 bits per heavy atom. The standard InChI is InChI=1S/C60H109NO5/c1-4-7-10-13-16-19-22-25-28-31-33-36-39-42-45-48-51-56(66-60(65)53-50-47-44-41-38-35-32-29-26-23-20-17-14-11-8-5-2)54-59(64)61-57(55-62)58(63)52-49-46-43-40-37-34-30-27-24-21-18-15-12-9-6-3/h8,11,17,20,26,28-29,31,33,36,56-58,62-63H,4-7,9-10,12-16,18-19,21-25,27,30,32,34-35,37-55H2,1-3H3,(H,61,64)/b11-8+,20-17+,29-26+,31-28+,36-33+. The quantitative estimate of drug-likeness (QED) is 0.0244. The van der Waals surface area contributed by atoms with E-state index in [9.17, 15) is 19.8 Å². The van der Waals surface area contributed by atoms with Crippen molar-refractivity contribution in [3.8, 4) is 0 Å². The van der Waals surface area contributed by atoms with Crippen molar-refractivity contribution in [2.24, 2.45) is 0 Å². The Bertz CT molecular complexity index is 1170. The maximum absolute atomic E-state index is 13.3. The molecule has 66 heavy (non-hydrogen) atoms. The van der Waals surface area contributed by atoms with E-state index in [1.807, 2.05) is 0 Å². The van der Waals surface area contributed by atoms with Crippen LogP contribution in [-0.2, 0) is 14.3 Å². The molecule has 0 spiro atoms. The van der Waals surface area contributed by atoms with E-state index in [2.05, 4.69) is 86.8 Å². The van der Waals surface area contributed by atoms with E-state index >= 15 is 0 Å². The lowest BCUT2D eigenvalue weighted by molar-refractivity contribution is -0.151. The average molecular weight is 925 g/mol. The monoisotopic (exact) mass is 924 g/mol. The van der Waals surface area contributed by atoms with Crippen LogP contribution in [0.2, 0.25) is 0 Å². The summed E-state index contributed by atoms with van der Waals surface area (Å²) in [6.07, 6.45) is 67.1. The molecule has 0 heterocycles. The maximum Gasteiger partial charge on any atom is 0.306 e. The number of amides is 1. The summed E-state index contributed by atoms with van der Waals surface area (Å²) in [5, 5.41) is 23.9. The second kappa shape index (κ2) is 53.5. The Balaban J connectivity index is 4.62. The second-order valence-electron chi connectivity index (χ2n) is 19.3. The van der Waals surface area contributed by atoms with Crippen molar-refractivity contribution in [3.05, 3.63) is 60.8 Å². The van der Waals surface area contributed by atoms with Gasteiger partial charge in [-0.25, -0.2) is 0 Å². The van der Waals surface area contributed by atoms with Crippen LogP contribution in [0, 0.1) is 0 Å². The summed E-state index contributed by atoms with van der Waals surface area (Å²) in [6, 6.07) is -0.715. The van der Waals surface area contributed by atoms with Crippen molar-refractivity contribution in [3.63, 3.8) is 0 Å². The molecule has 0 saturated heterocycles. The smallest absolute Gasteiger partial charge is 0.306 e. The predicted octanol–water partition coefficient (Wildman–Crippen LogP) is 17.6. The summed E-state index contributed by atoms with van der Waals surface area (Å²) in [4.78, 5) is 26.3. The number of nitrogens with one attached hydrogen (secondary N) is 1. The molecule has 0 aromatic carbocycles. The fourth-order valence-electron chi connectivity index (χ4n) is 8.55. The highest BCUT2D eigenvalue weighted by atomic mass is 16.5. The average Bonchev–Trinajstić information content (AvgIpc) is 3.31. The molecule has 0 fully saturated rings. The summed E-state index contributed by atoms with van der Waals surface area (Å²) in [6.45, 7) is 6.38. The zero-order chi connectivity index (χ0) is 48.1. The minimum Gasteiger partial charge on any atom is -0.462 e. The summed E-state index contributed by atoms with van der Waals surface area (Å²) >= 11 is 0. The van der Waals surface area contributed by atoms with E-state index in [1.165, 1.54) is 141 Å². The third kappa shape index (κ3) is 48.0. The number of hydrogen-bond acceptors (Lipinski definition) is 5. The number of carbonyl (C=O) groups excluding carboxylic acids is 2. The molecule has 0 aliphatic heterocycles. The van der Waals surface area contributed by atoms with Gasteiger partial charge in [-0.1, -0.05) is 248 Å². The lowest BCUT2D eigenvalue weighted by Gasteiger charge is -2.24. The van der Waals surface area contributed by atoms with Gasteiger partial charge in [0.05, 0.1) is 25.2 Å². The van der Waals surface area contributed by atoms with Crippen LogP contribution in [0.15, 0.2) is 60.8 Å². The highest BCUT2D eigenvalue weighted by molar-refractivity contribution is 5.77. The molecule has 0 saturated carbocycles. The van der Waals surface area contributed by atoms with Gasteiger partial charge in [-0.3, -0.25) is 9.59 Å². The third-order valence-corrected chi connectivity index (χ3v) is 12.9. The molecule has 0 rings (SSSR count). The first-order valence-electron chi connectivity index (χ1n) is 28.5. The SMILES string of the molecule is CC/C=C/C/C=C/C/C=C/CCCCCCCCC(=O)OC(CCCCC/C=C/C=C/CCCCCCCCC)CC(=O)NC(CO)C(O)CCCCCCCCCCCCCCCCC. The number of ether oxygens (including phenoxy) is 1. The van der Waals surface area contributed by atoms with Crippen LogP contribution in [-0.4, -0.2) is 46.9 Å².